The number of carbonyl (C=O) groups excluding carboxylic acids is 15. The zero-order valence-electron chi connectivity index (χ0n) is 75.5. The second-order valence-electron chi connectivity index (χ2n) is 34.3. The smallest absolute Gasteiger partial charge is 0.243 e. The molecule has 2 heterocycles. The molecule has 8 amide bonds. The quantitative estimate of drug-likeness (QED) is 0.0282. The van der Waals surface area contributed by atoms with Crippen LogP contribution in [0.15, 0.2) is 78.9 Å². The highest BCUT2D eigenvalue weighted by Gasteiger charge is 2.43. The highest BCUT2D eigenvalue weighted by atomic mass is 16.7. The molecule has 2 unspecified atom stereocenters. The number of nitrogens with one attached hydrogen (secondary N) is 8. The minimum atomic E-state index is -1.47. The number of aliphatic hydroxyl groups excluding tert-OH is 5. The third kappa shape index (κ3) is 40.0. The van der Waals surface area contributed by atoms with Crippen molar-refractivity contribution < 1.29 is 112 Å². The molecule has 17 atom stereocenters. The van der Waals surface area contributed by atoms with Crippen molar-refractivity contribution in [1.29, 1.82) is 0 Å². The first-order valence-corrected chi connectivity index (χ1v) is 45.7. The van der Waals surface area contributed by atoms with Crippen molar-refractivity contribution in [1.82, 2.24) is 42.5 Å². The monoisotopic (exact) mass is 1810 g/mol. The van der Waals surface area contributed by atoms with E-state index in [1.807, 2.05) is 30.3 Å². The lowest BCUT2D eigenvalue weighted by molar-refractivity contribution is -0.293. The van der Waals surface area contributed by atoms with Crippen molar-refractivity contribution in [2.75, 3.05) is 65.6 Å². The van der Waals surface area contributed by atoms with Crippen LogP contribution in [0.2, 0.25) is 0 Å². The number of aliphatic hydroxyl groups is 5. The molecule has 23 N–H and O–H groups in total. The molecule has 0 radical (unpaired) electrons. The van der Waals surface area contributed by atoms with Gasteiger partial charge in [0.25, 0.3) is 0 Å². The normalized spacial score (nSPS) is 22.5. The lowest BCUT2D eigenvalue weighted by Crippen LogP contribution is -2.57. The summed E-state index contributed by atoms with van der Waals surface area (Å²) in [6.45, 7) is 7.39. The molecule has 2 aliphatic heterocycles. The van der Waals surface area contributed by atoms with Crippen LogP contribution in [0.4, 0.5) is 0 Å². The molecule has 129 heavy (non-hydrogen) atoms. The van der Waals surface area contributed by atoms with Crippen LogP contribution < -0.4 is 75.9 Å². The largest absolute Gasteiger partial charge is 0.486 e. The number of nitrogens with two attached hydrogens (primary N) is 5. The van der Waals surface area contributed by atoms with Crippen LogP contribution in [-0.4, -0.2) is 252 Å². The van der Waals surface area contributed by atoms with E-state index < -0.39 is 187 Å². The van der Waals surface area contributed by atoms with Crippen molar-refractivity contribution in [2.24, 2.45) is 64.2 Å². The number of Topliss-reactive ketones (excluding diaryl/α,β-unsaturated/α-hetero) is 7. The van der Waals surface area contributed by atoms with E-state index in [2.05, 4.69) is 42.5 Å². The Morgan fingerprint density at radius 2 is 1.12 bits per heavy atom. The van der Waals surface area contributed by atoms with Gasteiger partial charge in [-0.3, -0.25) is 71.9 Å². The van der Waals surface area contributed by atoms with E-state index in [0.717, 1.165) is 24.0 Å². The number of rotatable bonds is 53. The molecule has 3 aromatic carbocycles. The van der Waals surface area contributed by atoms with E-state index in [1.54, 1.807) is 69.3 Å². The Balaban J connectivity index is 1.09. The fraction of sp³-hybridized carbons (Fsp3) is 0.645. The maximum atomic E-state index is 14.8. The Hall–Kier alpha value is -9.57. The molecular formula is C93H143N13O23. The van der Waals surface area contributed by atoms with Crippen LogP contribution in [0.25, 0.3) is 11.1 Å². The molecule has 0 aliphatic carbocycles. The number of hydrogen-bond donors (Lipinski definition) is 18. The first-order chi connectivity index (χ1) is 61.6. The molecule has 0 bridgehead atoms. The Morgan fingerprint density at radius 1 is 0.543 bits per heavy atom. The molecule has 36 nitrogen and oxygen atoms in total. The topological polar surface area (TPSA) is 611 Å². The van der Waals surface area contributed by atoms with E-state index in [-0.39, 0.29) is 171 Å². The summed E-state index contributed by atoms with van der Waals surface area (Å²) in [7, 11) is 0. The standard InChI is InChI=1S/C93H143N13O23/c1-56(2)47-76-92(126)105-75(36-42-98)91(125)104-74(35-41-97)81(115)54-70(57(3)107)89(123)101-45-37-65(87(121)102-72(33-39-95)80(114)52-66(88(122)106-76)48-60-19-10-8-11-20-60)51-79(113)73(34-40-96)103-90(124)71(58(4)108)53-78(112)64(32-38-94)50-67(109)23-12-9-15-43-99-82(116)26-14-7-6-13-25-77(111)63-22-16-21-62(49-63)61-28-30-69(31-29-61)128-55-68(110)24-17-44-100-83(117)27-18-46-127-93-86(120)85(119)84(118)59(5)129-93/h8,10-11,16,19-22,28-31,49,56-59,64-66,70-76,84-86,93,107-108,118-120H,6-7,9,12-15,17-18,23-27,32-48,50-55,94-98H2,1-5H3,(H,99,116)(H,100,117)(H,101,123)(H,102,121)(H,103,124)(H,104,125)(H,105,126)(H,106,122)/t57-,58-,59+,64-,65-,66+,70+,71+,72+,73+,74+,75+,76+,84+,85?,86+,93?/m1/s1. The average Bonchev–Trinajstić information content (AvgIpc) is 0.978. The van der Waals surface area contributed by atoms with Crippen LogP contribution in [-0.2, 0) is 83.0 Å². The summed E-state index contributed by atoms with van der Waals surface area (Å²) >= 11 is 0. The number of ketones is 7. The van der Waals surface area contributed by atoms with Gasteiger partial charge in [0.1, 0.15) is 54.3 Å². The zero-order chi connectivity index (χ0) is 95.1. The molecular weight excluding hydrogens is 1670 g/mol. The summed E-state index contributed by atoms with van der Waals surface area (Å²) in [4.78, 5) is 208. The predicted octanol–water partition coefficient (Wildman–Crippen LogP) is 1.64. The van der Waals surface area contributed by atoms with Crippen molar-refractivity contribution in [3.8, 4) is 16.9 Å². The molecule has 36 heteroatoms. The van der Waals surface area contributed by atoms with Crippen molar-refractivity contribution >= 4 is 87.7 Å². The van der Waals surface area contributed by atoms with Gasteiger partial charge in [-0.25, -0.2) is 0 Å². The van der Waals surface area contributed by atoms with Crippen LogP contribution in [0, 0.1) is 35.5 Å². The highest BCUT2D eigenvalue weighted by molar-refractivity contribution is 6.00. The molecule has 0 spiro atoms. The van der Waals surface area contributed by atoms with Gasteiger partial charge in [0.2, 0.25) is 47.3 Å². The molecule has 0 aromatic heterocycles. The number of carbonyl (C=O) groups is 15. The summed E-state index contributed by atoms with van der Waals surface area (Å²) in [6.07, 6.45) is -6.04. The molecule has 5 rings (SSSR count). The maximum Gasteiger partial charge on any atom is 0.243 e. The van der Waals surface area contributed by atoms with Gasteiger partial charge in [0.15, 0.2) is 35.2 Å². The van der Waals surface area contributed by atoms with E-state index in [9.17, 15) is 97.5 Å². The predicted molar refractivity (Wildman–Crippen MR) is 480 cm³/mol. The van der Waals surface area contributed by atoms with Gasteiger partial charge in [0, 0.05) is 107 Å². The van der Waals surface area contributed by atoms with Crippen LogP contribution in [0.1, 0.15) is 217 Å². The number of unbranched alkanes of at least 4 members (excludes halogenated alkanes) is 5. The van der Waals surface area contributed by atoms with Gasteiger partial charge in [-0.05, 0) is 184 Å². The maximum absolute atomic E-state index is 14.8. The highest BCUT2D eigenvalue weighted by Crippen LogP contribution is 2.28. The fourth-order valence-corrected chi connectivity index (χ4v) is 15.4. The number of benzene rings is 3. The van der Waals surface area contributed by atoms with Crippen LogP contribution >= 0.6 is 0 Å². The van der Waals surface area contributed by atoms with E-state index in [4.69, 9.17) is 42.9 Å². The summed E-state index contributed by atoms with van der Waals surface area (Å²) in [5, 5.41) is 73.6. The molecule has 0 saturated carbocycles. The van der Waals surface area contributed by atoms with Crippen molar-refractivity contribution in [3.05, 3.63) is 90.0 Å². The molecule has 2 aliphatic rings. The first kappa shape index (κ1) is 110. The Morgan fingerprint density at radius 3 is 1.75 bits per heavy atom. The van der Waals surface area contributed by atoms with Gasteiger partial charge < -0.3 is 111 Å². The number of amides is 8. The molecule has 2 saturated heterocycles. The summed E-state index contributed by atoms with van der Waals surface area (Å²) in [5.41, 5.74) is 32.8. The van der Waals surface area contributed by atoms with E-state index in [0.29, 0.717) is 81.2 Å². The van der Waals surface area contributed by atoms with Crippen molar-refractivity contribution in [2.45, 2.75) is 281 Å². The van der Waals surface area contributed by atoms with Gasteiger partial charge in [-0.2, -0.15) is 0 Å². The molecule has 2 fully saturated rings. The van der Waals surface area contributed by atoms with Gasteiger partial charge in [-0.1, -0.05) is 93.8 Å². The zero-order valence-corrected chi connectivity index (χ0v) is 75.5. The first-order valence-electron chi connectivity index (χ1n) is 45.7. The van der Waals surface area contributed by atoms with Crippen LogP contribution in [0.5, 0.6) is 5.75 Å². The Bertz CT molecular complexity index is 4060. The lowest BCUT2D eigenvalue weighted by Gasteiger charge is -2.38. The van der Waals surface area contributed by atoms with Gasteiger partial charge in [-0.15, -0.1) is 0 Å². The molecule has 718 valence electrons. The SMILES string of the molecule is CC(C)C[C@@H]1NC(=O)[C@@H](Cc2ccccc2)CC(=O)[C@H](CCN)NC(=O)[C@@H](CC(=O)[C@H](CCN)NC(=O)[C@@H](CC(=O)[C@H](CCN)CC(=O)CCCCCNC(=O)CCCCCCC(=O)c2cccc(-c3ccc(OCC(=O)CCCNC(=O)CCCOC4O[C@@H](C)[C@H](O)C(O)[C@@H]4O)cc3)c2)[C@@H](C)O)CCNC(=O)[C@H]([C@@H](C)O)CC(=O)[C@H](CCN)NC(=O)[C@H](CCN)NC1=O. The average molecular weight is 1810 g/mol. The summed E-state index contributed by atoms with van der Waals surface area (Å²) in [6, 6.07) is 16.5. The minimum absolute atomic E-state index is 0.00940. The molecule has 3 aromatic rings. The fourth-order valence-electron chi connectivity index (χ4n) is 15.4. The van der Waals surface area contributed by atoms with E-state index >= 15 is 0 Å². The number of ether oxygens (including phenoxy) is 3. The van der Waals surface area contributed by atoms with Gasteiger partial charge in [0.05, 0.1) is 54.9 Å². The van der Waals surface area contributed by atoms with Crippen LogP contribution in [0.3, 0.4) is 0 Å². The second-order valence-corrected chi connectivity index (χ2v) is 34.3. The Labute approximate surface area is 756 Å². The Kier molecular flexibility index (Phi) is 50.9. The van der Waals surface area contributed by atoms with Gasteiger partial charge >= 0.3 is 0 Å². The minimum Gasteiger partial charge on any atom is -0.486 e. The second kappa shape index (κ2) is 59.7. The van der Waals surface area contributed by atoms with E-state index in [1.165, 1.54) is 13.8 Å². The third-order valence-electron chi connectivity index (χ3n) is 23.2. The summed E-state index contributed by atoms with van der Waals surface area (Å²) < 4.78 is 16.6. The number of hydrogen-bond acceptors (Lipinski definition) is 28. The summed E-state index contributed by atoms with van der Waals surface area (Å²) in [5.74, 6) is -14.5. The lowest BCUT2D eigenvalue weighted by atomic mass is 9.85. The van der Waals surface area contributed by atoms with Crippen molar-refractivity contribution in [3.63, 3.8) is 0 Å². The third-order valence-corrected chi connectivity index (χ3v) is 23.2.